The van der Waals surface area contributed by atoms with Crippen LogP contribution in [-0.2, 0) is 12.6 Å². The van der Waals surface area contributed by atoms with Gasteiger partial charge in [0.25, 0.3) is 0 Å². The SMILES string of the molecule is FC(F)(F)c1ccc(CCNC2=NC=NC3NC=NC23)cc1. The molecule has 0 spiro atoms. The van der Waals surface area contributed by atoms with Gasteiger partial charge in [0.1, 0.15) is 18.2 Å². The summed E-state index contributed by atoms with van der Waals surface area (Å²) >= 11 is 0. The minimum absolute atomic E-state index is 0.119. The van der Waals surface area contributed by atoms with E-state index in [0.29, 0.717) is 18.8 Å². The van der Waals surface area contributed by atoms with Gasteiger partial charge in [0.2, 0.25) is 0 Å². The number of nitrogens with one attached hydrogen (secondary N) is 2. The summed E-state index contributed by atoms with van der Waals surface area (Å²) in [4.78, 5) is 12.5. The number of alkyl halides is 3. The fraction of sp³-hybridized carbons (Fsp3) is 0.357. The van der Waals surface area contributed by atoms with Crippen LogP contribution in [0.4, 0.5) is 13.2 Å². The first-order valence-electron chi connectivity index (χ1n) is 6.81. The van der Waals surface area contributed by atoms with E-state index in [0.717, 1.165) is 17.7 Å². The zero-order valence-corrected chi connectivity index (χ0v) is 11.5. The second kappa shape index (κ2) is 5.78. The lowest BCUT2D eigenvalue weighted by Crippen LogP contribution is -2.44. The van der Waals surface area contributed by atoms with Crippen molar-refractivity contribution in [2.24, 2.45) is 15.0 Å². The maximum Gasteiger partial charge on any atom is 0.416 e. The van der Waals surface area contributed by atoms with Crippen LogP contribution in [0.2, 0.25) is 0 Å². The van der Waals surface area contributed by atoms with Gasteiger partial charge in [0.05, 0.1) is 11.9 Å². The van der Waals surface area contributed by atoms with Crippen LogP contribution in [-0.4, -0.2) is 37.3 Å². The summed E-state index contributed by atoms with van der Waals surface area (Å²) in [6.45, 7) is 0.566. The number of amidine groups is 1. The molecule has 0 aliphatic carbocycles. The van der Waals surface area contributed by atoms with Gasteiger partial charge in [-0.05, 0) is 24.1 Å². The molecule has 2 aliphatic heterocycles. The first-order chi connectivity index (χ1) is 10.5. The molecule has 2 unspecified atom stereocenters. The van der Waals surface area contributed by atoms with Crippen LogP contribution < -0.4 is 10.6 Å². The molecule has 116 valence electrons. The summed E-state index contributed by atoms with van der Waals surface area (Å²) in [6.07, 6.45) is -0.738. The van der Waals surface area contributed by atoms with Gasteiger partial charge < -0.3 is 10.6 Å². The highest BCUT2D eigenvalue weighted by atomic mass is 19.4. The van der Waals surface area contributed by atoms with Crippen molar-refractivity contribution in [1.29, 1.82) is 0 Å². The topological polar surface area (TPSA) is 61.1 Å². The highest BCUT2D eigenvalue weighted by Crippen LogP contribution is 2.29. The van der Waals surface area contributed by atoms with E-state index in [-0.39, 0.29) is 12.2 Å². The Bertz CT molecular complexity index is 618. The zero-order chi connectivity index (χ0) is 15.6. The largest absolute Gasteiger partial charge is 0.416 e. The maximum absolute atomic E-state index is 12.5. The number of hydrogen-bond acceptors (Lipinski definition) is 5. The molecule has 0 saturated carbocycles. The van der Waals surface area contributed by atoms with Crippen molar-refractivity contribution in [2.45, 2.75) is 24.8 Å². The molecule has 0 amide bonds. The Morgan fingerprint density at radius 2 is 1.91 bits per heavy atom. The van der Waals surface area contributed by atoms with Gasteiger partial charge in [-0.15, -0.1) is 0 Å². The van der Waals surface area contributed by atoms with Gasteiger partial charge >= 0.3 is 6.18 Å². The van der Waals surface area contributed by atoms with Gasteiger partial charge in [-0.25, -0.2) is 9.98 Å². The lowest BCUT2D eigenvalue weighted by molar-refractivity contribution is -0.137. The number of halogens is 3. The molecule has 0 aromatic heterocycles. The Morgan fingerprint density at radius 3 is 2.64 bits per heavy atom. The van der Waals surface area contributed by atoms with Gasteiger partial charge in [-0.3, -0.25) is 4.99 Å². The average molecular weight is 309 g/mol. The van der Waals surface area contributed by atoms with Gasteiger partial charge in [0.15, 0.2) is 6.17 Å². The number of hydrogen-bond donors (Lipinski definition) is 2. The molecule has 2 N–H and O–H groups in total. The van der Waals surface area contributed by atoms with Crippen molar-refractivity contribution < 1.29 is 13.2 Å². The summed E-state index contributed by atoms with van der Waals surface area (Å²) < 4.78 is 37.4. The molecule has 0 radical (unpaired) electrons. The van der Waals surface area contributed by atoms with Crippen molar-refractivity contribution in [3.63, 3.8) is 0 Å². The highest BCUT2D eigenvalue weighted by molar-refractivity contribution is 5.97. The molecule has 22 heavy (non-hydrogen) atoms. The monoisotopic (exact) mass is 309 g/mol. The van der Waals surface area contributed by atoms with Crippen molar-refractivity contribution in [2.75, 3.05) is 6.54 Å². The van der Waals surface area contributed by atoms with Crippen LogP contribution in [0.15, 0.2) is 39.2 Å². The zero-order valence-electron chi connectivity index (χ0n) is 11.5. The summed E-state index contributed by atoms with van der Waals surface area (Å²) in [5.41, 5.74) is 0.196. The van der Waals surface area contributed by atoms with E-state index < -0.39 is 11.7 Å². The van der Waals surface area contributed by atoms with E-state index in [2.05, 4.69) is 25.6 Å². The summed E-state index contributed by atoms with van der Waals surface area (Å²) in [7, 11) is 0. The van der Waals surface area contributed by atoms with E-state index in [1.807, 2.05) is 0 Å². The predicted molar refractivity (Wildman–Crippen MR) is 78.3 cm³/mol. The molecule has 2 atom stereocenters. The Kier molecular flexibility index (Phi) is 3.82. The molecular formula is C14H14F3N5. The number of aliphatic imine (C=N–C) groups is 3. The third kappa shape index (κ3) is 3.10. The molecule has 0 saturated heterocycles. The molecule has 1 aromatic rings. The Hall–Kier alpha value is -2.38. The normalized spacial score (nSPS) is 23.0. The van der Waals surface area contributed by atoms with E-state index in [9.17, 15) is 13.2 Å². The van der Waals surface area contributed by atoms with Gasteiger partial charge in [0, 0.05) is 6.54 Å². The first kappa shape index (κ1) is 14.6. The number of benzene rings is 1. The summed E-state index contributed by atoms with van der Waals surface area (Å²) in [5.74, 6) is 0.716. The van der Waals surface area contributed by atoms with Crippen molar-refractivity contribution >= 4 is 18.5 Å². The van der Waals surface area contributed by atoms with Crippen LogP contribution in [0, 0.1) is 0 Å². The molecule has 5 nitrogen and oxygen atoms in total. The predicted octanol–water partition coefficient (Wildman–Crippen LogP) is 1.60. The number of fused-ring (bicyclic) bond motifs is 1. The molecule has 2 aliphatic rings. The van der Waals surface area contributed by atoms with Crippen LogP contribution in [0.3, 0.4) is 0 Å². The first-order valence-corrected chi connectivity index (χ1v) is 6.81. The molecule has 0 bridgehead atoms. The number of nitrogens with zero attached hydrogens (tertiary/aromatic N) is 3. The Morgan fingerprint density at radius 1 is 1.14 bits per heavy atom. The van der Waals surface area contributed by atoms with Crippen molar-refractivity contribution in [3.05, 3.63) is 35.4 Å². The molecule has 0 fully saturated rings. The fourth-order valence-electron chi connectivity index (χ4n) is 2.31. The van der Waals surface area contributed by atoms with Crippen LogP contribution in [0.25, 0.3) is 0 Å². The smallest absolute Gasteiger partial charge is 0.371 e. The summed E-state index contributed by atoms with van der Waals surface area (Å²) in [5, 5.41) is 6.17. The fourth-order valence-corrected chi connectivity index (χ4v) is 2.31. The van der Waals surface area contributed by atoms with E-state index in [1.165, 1.54) is 18.5 Å². The van der Waals surface area contributed by atoms with E-state index in [1.54, 1.807) is 6.34 Å². The van der Waals surface area contributed by atoms with Gasteiger partial charge in [-0.1, -0.05) is 12.1 Å². The van der Waals surface area contributed by atoms with Crippen molar-refractivity contribution in [1.82, 2.24) is 10.6 Å². The maximum atomic E-state index is 12.5. The molecule has 1 aromatic carbocycles. The third-order valence-electron chi connectivity index (χ3n) is 3.48. The second-order valence-electron chi connectivity index (χ2n) is 4.98. The van der Waals surface area contributed by atoms with E-state index >= 15 is 0 Å². The molecular weight excluding hydrogens is 295 g/mol. The molecule has 2 heterocycles. The average Bonchev–Trinajstić information content (AvgIpc) is 2.96. The van der Waals surface area contributed by atoms with Gasteiger partial charge in [-0.2, -0.15) is 13.2 Å². The Balaban J connectivity index is 1.54. The van der Waals surface area contributed by atoms with Crippen LogP contribution >= 0.6 is 0 Å². The van der Waals surface area contributed by atoms with Crippen LogP contribution in [0.5, 0.6) is 0 Å². The highest BCUT2D eigenvalue weighted by Gasteiger charge is 2.30. The Labute approximate surface area is 125 Å². The van der Waals surface area contributed by atoms with E-state index in [4.69, 9.17) is 0 Å². The lowest BCUT2D eigenvalue weighted by Gasteiger charge is -2.20. The third-order valence-corrected chi connectivity index (χ3v) is 3.48. The molecule has 3 rings (SSSR count). The minimum Gasteiger partial charge on any atom is -0.371 e. The standard InChI is InChI=1S/C14H14F3N5/c15-14(16,17)10-3-1-9(2-4-10)5-6-18-12-11-13(20-7-19-11)22-8-21-12/h1-4,7-8,11,13H,5-6H2,(H,19,20)(H,18,21,22). The minimum atomic E-state index is -4.30. The molecule has 8 heteroatoms. The summed E-state index contributed by atoms with van der Waals surface area (Å²) in [6, 6.07) is 5.03. The second-order valence-corrected chi connectivity index (χ2v) is 4.98. The number of rotatable bonds is 3. The van der Waals surface area contributed by atoms with Crippen molar-refractivity contribution in [3.8, 4) is 0 Å². The quantitative estimate of drug-likeness (QED) is 0.891. The van der Waals surface area contributed by atoms with Crippen LogP contribution in [0.1, 0.15) is 11.1 Å². The lowest BCUT2D eigenvalue weighted by atomic mass is 10.1.